The van der Waals surface area contributed by atoms with Crippen LogP contribution in [-0.4, -0.2) is 17.7 Å². The smallest absolute Gasteiger partial charge is 0.210 e. The summed E-state index contributed by atoms with van der Waals surface area (Å²) in [5.74, 6) is -1.05. The number of carbonyl (C=O) groups is 2. The fraction of sp³-hybridized carbons (Fsp3) is 0.667. The molecule has 0 spiro atoms. The van der Waals surface area contributed by atoms with Gasteiger partial charge in [0.1, 0.15) is 0 Å². The minimum Gasteiger partial charge on any atom is -0.291 e. The van der Waals surface area contributed by atoms with Gasteiger partial charge in [0.2, 0.25) is 5.78 Å². The van der Waals surface area contributed by atoms with Gasteiger partial charge < -0.3 is 0 Å². The second-order valence-electron chi connectivity index (χ2n) is 2.09. The van der Waals surface area contributed by atoms with Crippen LogP contribution in [0.15, 0.2) is 0 Å². The van der Waals surface area contributed by atoms with Crippen molar-refractivity contribution in [3.8, 4) is 0 Å². The Balaban J connectivity index is 3.93. The molecule has 3 nitrogen and oxygen atoms in total. The van der Waals surface area contributed by atoms with Crippen LogP contribution in [0.3, 0.4) is 0 Å². The van der Waals surface area contributed by atoms with Crippen LogP contribution in [0.25, 0.3) is 0 Å². The van der Waals surface area contributed by atoms with Gasteiger partial charge in [-0.15, -0.1) is 0 Å². The Morgan fingerprint density at radius 1 is 1.36 bits per heavy atom. The molecule has 0 bridgehead atoms. The highest BCUT2D eigenvalue weighted by Crippen LogP contribution is 2.04. The molecule has 0 aromatic rings. The number of hydrogen-bond acceptors (Lipinski definition) is 4. The van der Waals surface area contributed by atoms with Crippen LogP contribution in [0.2, 0.25) is 0 Å². The molecule has 0 amide bonds. The summed E-state index contributed by atoms with van der Waals surface area (Å²) in [6.45, 7) is -0.116. The van der Waals surface area contributed by atoms with E-state index in [1.54, 1.807) is 6.92 Å². The van der Waals surface area contributed by atoms with E-state index in [-0.39, 0.29) is 12.6 Å². The Labute approximate surface area is 70.6 Å². The molecular weight excluding hydrogens is 183 g/mol. The van der Waals surface area contributed by atoms with E-state index in [1.165, 1.54) is 0 Å². The number of carbonyl (C=O) groups excluding carboxylic acids is 2. The molecule has 0 aromatic heterocycles. The maximum Gasteiger partial charge on any atom is 0.210 e. The Kier molecular flexibility index (Phi) is 5.16. The molecule has 0 aliphatic rings. The van der Waals surface area contributed by atoms with Crippen LogP contribution in [0.1, 0.15) is 19.8 Å². The van der Waals surface area contributed by atoms with Crippen LogP contribution in [-0.2, 0) is 26.0 Å². The van der Waals surface area contributed by atoms with Gasteiger partial charge in [0.05, 0.1) is 6.16 Å². The Morgan fingerprint density at radius 3 is 2.27 bits per heavy atom. The van der Waals surface area contributed by atoms with Crippen LogP contribution >= 0.6 is 6.58 Å². The molecule has 0 rings (SSSR count). The predicted molar refractivity (Wildman–Crippen MR) is 44.8 cm³/mol. The Hall–Kier alpha value is -0.340. The highest BCUT2D eigenvalue weighted by molar-refractivity contribution is 7.99. The molecule has 0 aliphatic heterocycles. The van der Waals surface area contributed by atoms with Gasteiger partial charge in [0, 0.05) is 6.42 Å². The van der Waals surface area contributed by atoms with Crippen molar-refractivity contribution in [1.82, 2.24) is 0 Å². The minimum atomic E-state index is -1.92. The first-order chi connectivity index (χ1) is 5.07. The third-order valence-electron chi connectivity index (χ3n) is 1.06. The summed E-state index contributed by atoms with van der Waals surface area (Å²) in [4.78, 5) is 21.5. The molecule has 0 saturated carbocycles. The standard InChI is InChI=1S/C6H9O3PS/c1-2-3-5(7)6(8)4-10(9)11/h2-4H2,1H3. The third-order valence-corrected chi connectivity index (χ3v) is 1.99. The van der Waals surface area contributed by atoms with E-state index < -0.39 is 18.1 Å². The number of Topliss-reactive ketones (excluding diaryl/α,β-unsaturated/α-hetero) is 2. The first-order valence-corrected chi connectivity index (χ1v) is 5.71. The van der Waals surface area contributed by atoms with Crippen molar-refractivity contribution in [1.29, 1.82) is 0 Å². The molecule has 1 unspecified atom stereocenters. The van der Waals surface area contributed by atoms with Crippen molar-refractivity contribution < 1.29 is 14.2 Å². The number of ketones is 2. The average Bonchev–Trinajstić information content (AvgIpc) is 1.86. The second kappa shape index (κ2) is 5.33. The van der Waals surface area contributed by atoms with Gasteiger partial charge in [-0.05, 0) is 18.2 Å². The van der Waals surface area contributed by atoms with Crippen LogP contribution in [0.4, 0.5) is 0 Å². The van der Waals surface area contributed by atoms with E-state index in [2.05, 4.69) is 11.8 Å². The van der Waals surface area contributed by atoms with Gasteiger partial charge >= 0.3 is 0 Å². The fourth-order valence-electron chi connectivity index (χ4n) is 0.572. The molecule has 11 heavy (non-hydrogen) atoms. The largest absolute Gasteiger partial charge is 0.291 e. The molecule has 0 aliphatic carbocycles. The van der Waals surface area contributed by atoms with Crippen LogP contribution < -0.4 is 0 Å². The number of hydrogen-bond donors (Lipinski definition) is 0. The molecule has 0 radical (unpaired) electrons. The van der Waals surface area contributed by atoms with Gasteiger partial charge in [0.25, 0.3) is 0 Å². The zero-order valence-corrected chi connectivity index (χ0v) is 7.91. The summed E-state index contributed by atoms with van der Waals surface area (Å²) >= 11 is 4.29. The van der Waals surface area contributed by atoms with Gasteiger partial charge in [-0.1, -0.05) is 6.92 Å². The maximum absolute atomic E-state index is 10.8. The van der Waals surface area contributed by atoms with E-state index in [4.69, 9.17) is 0 Å². The van der Waals surface area contributed by atoms with E-state index in [0.717, 1.165) is 0 Å². The summed E-state index contributed by atoms with van der Waals surface area (Å²) in [5.41, 5.74) is 0. The molecule has 0 aromatic carbocycles. The van der Waals surface area contributed by atoms with Crippen molar-refractivity contribution in [2.75, 3.05) is 6.16 Å². The monoisotopic (exact) mass is 192 g/mol. The lowest BCUT2D eigenvalue weighted by molar-refractivity contribution is -0.135. The topological polar surface area (TPSA) is 51.2 Å². The third kappa shape index (κ3) is 4.99. The zero-order valence-electron chi connectivity index (χ0n) is 6.20. The van der Waals surface area contributed by atoms with E-state index in [9.17, 15) is 14.2 Å². The lowest BCUT2D eigenvalue weighted by atomic mass is 10.2. The Bertz CT molecular complexity index is 224. The molecule has 62 valence electrons. The van der Waals surface area contributed by atoms with Gasteiger partial charge in [-0.25, -0.2) is 0 Å². The van der Waals surface area contributed by atoms with Gasteiger partial charge in [-0.3, -0.25) is 14.2 Å². The zero-order chi connectivity index (χ0) is 8.85. The summed E-state index contributed by atoms with van der Waals surface area (Å²) in [7, 11) is 0. The number of rotatable bonds is 5. The van der Waals surface area contributed by atoms with Crippen LogP contribution in [0, 0.1) is 0 Å². The molecule has 1 atom stereocenters. The highest BCUT2D eigenvalue weighted by atomic mass is 32.4. The van der Waals surface area contributed by atoms with Crippen molar-refractivity contribution in [2.45, 2.75) is 19.8 Å². The minimum absolute atomic E-state index is 0.233. The molecule has 0 heterocycles. The summed E-state index contributed by atoms with van der Waals surface area (Å²) in [5, 5.41) is 0. The van der Waals surface area contributed by atoms with E-state index >= 15 is 0 Å². The van der Waals surface area contributed by atoms with Gasteiger partial charge in [0.15, 0.2) is 12.4 Å². The predicted octanol–water partition coefficient (Wildman–Crippen LogP) is 1.21. The molecule has 0 fully saturated rings. The summed E-state index contributed by atoms with van der Waals surface area (Å²) in [6, 6.07) is 0. The quantitative estimate of drug-likeness (QED) is 0.485. The van der Waals surface area contributed by atoms with E-state index in [1.807, 2.05) is 0 Å². The lowest BCUT2D eigenvalue weighted by Gasteiger charge is -1.91. The first-order valence-electron chi connectivity index (χ1n) is 3.25. The van der Waals surface area contributed by atoms with E-state index in [0.29, 0.717) is 6.42 Å². The van der Waals surface area contributed by atoms with Crippen molar-refractivity contribution in [3.63, 3.8) is 0 Å². The van der Waals surface area contributed by atoms with Crippen molar-refractivity contribution in [2.24, 2.45) is 0 Å². The summed E-state index contributed by atoms with van der Waals surface area (Å²) in [6.07, 6.45) is 0.597. The summed E-state index contributed by atoms with van der Waals surface area (Å²) < 4.78 is 10.4. The highest BCUT2D eigenvalue weighted by Gasteiger charge is 2.12. The first kappa shape index (κ1) is 10.7. The molecular formula is C6H9O3PS. The van der Waals surface area contributed by atoms with Crippen molar-refractivity contribution in [3.05, 3.63) is 0 Å². The molecule has 5 heteroatoms. The molecule has 0 N–H and O–H groups in total. The van der Waals surface area contributed by atoms with Crippen LogP contribution in [0.5, 0.6) is 0 Å². The SMILES string of the molecule is CCCC(=O)C(=O)CP(=O)=S. The van der Waals surface area contributed by atoms with Gasteiger partial charge in [-0.2, -0.15) is 0 Å². The normalized spacial score (nSPS) is 10.8. The van der Waals surface area contributed by atoms with Crippen molar-refractivity contribution >= 4 is 29.9 Å². The lowest BCUT2D eigenvalue weighted by Crippen LogP contribution is -2.14. The second-order valence-corrected chi connectivity index (χ2v) is 4.29. The maximum atomic E-state index is 10.8. The average molecular weight is 192 g/mol. The Morgan fingerprint density at radius 2 is 1.91 bits per heavy atom. The fourth-order valence-corrected chi connectivity index (χ4v) is 1.33. The molecule has 0 saturated heterocycles.